The third-order valence-corrected chi connectivity index (χ3v) is 2.51. The van der Waals surface area contributed by atoms with Crippen LogP contribution in [0.4, 0.5) is 8.78 Å². The first-order valence-electron chi connectivity index (χ1n) is 5.50. The van der Waals surface area contributed by atoms with Crippen molar-refractivity contribution >= 4 is 0 Å². The van der Waals surface area contributed by atoms with Crippen molar-refractivity contribution in [3.63, 3.8) is 0 Å². The summed E-state index contributed by atoms with van der Waals surface area (Å²) >= 11 is 0. The number of rotatable bonds is 3. The fourth-order valence-electron chi connectivity index (χ4n) is 1.75. The summed E-state index contributed by atoms with van der Waals surface area (Å²) in [7, 11) is 0. The summed E-state index contributed by atoms with van der Waals surface area (Å²) in [5.41, 5.74) is 0.678. The molecule has 0 spiro atoms. The van der Waals surface area contributed by atoms with E-state index in [1.165, 1.54) is 0 Å². The molecule has 0 fully saturated rings. The highest BCUT2D eigenvalue weighted by atomic mass is 19.3. The first-order chi connectivity index (χ1) is 7.20. The van der Waals surface area contributed by atoms with Crippen LogP contribution in [0.15, 0.2) is 30.3 Å². The Morgan fingerprint density at radius 1 is 1.00 bits per heavy atom. The number of hydrogen-bond acceptors (Lipinski definition) is 0. The summed E-state index contributed by atoms with van der Waals surface area (Å²) in [6.45, 7) is 6.89. The van der Waals surface area contributed by atoms with Gasteiger partial charge in [0, 0.05) is 12.3 Å². The number of halogens is 2. The lowest BCUT2D eigenvalue weighted by Gasteiger charge is -2.32. The van der Waals surface area contributed by atoms with Gasteiger partial charge in [0.1, 0.15) is 0 Å². The SMILES string of the molecule is CC(F)(F)C[C](c1ccccc1)C(C)(C)C. The largest absolute Gasteiger partial charge is 0.246 e. The van der Waals surface area contributed by atoms with E-state index >= 15 is 0 Å². The van der Waals surface area contributed by atoms with E-state index < -0.39 is 5.92 Å². The van der Waals surface area contributed by atoms with Crippen LogP contribution in [0.5, 0.6) is 0 Å². The monoisotopic (exact) mass is 225 g/mol. The van der Waals surface area contributed by atoms with E-state index in [9.17, 15) is 8.78 Å². The van der Waals surface area contributed by atoms with Gasteiger partial charge in [0.2, 0.25) is 5.92 Å². The molecule has 16 heavy (non-hydrogen) atoms. The molecule has 0 atom stereocenters. The molecule has 1 aromatic rings. The second kappa shape index (κ2) is 4.52. The third kappa shape index (κ3) is 3.92. The van der Waals surface area contributed by atoms with Gasteiger partial charge in [-0.2, -0.15) is 0 Å². The molecule has 0 nitrogen and oxygen atoms in total. The zero-order valence-corrected chi connectivity index (χ0v) is 10.3. The van der Waals surface area contributed by atoms with Crippen LogP contribution in [0.1, 0.15) is 39.7 Å². The molecule has 0 unspecified atom stereocenters. The molecule has 0 saturated carbocycles. The second-order valence-electron chi connectivity index (χ2n) is 5.34. The molecule has 0 aliphatic heterocycles. The maximum atomic E-state index is 13.2. The van der Waals surface area contributed by atoms with Crippen LogP contribution in [0.25, 0.3) is 0 Å². The van der Waals surface area contributed by atoms with Gasteiger partial charge in [-0.3, -0.25) is 0 Å². The highest BCUT2D eigenvalue weighted by Crippen LogP contribution is 2.41. The molecule has 1 rings (SSSR count). The Bertz CT molecular complexity index is 317. The minimum Gasteiger partial charge on any atom is -0.207 e. The van der Waals surface area contributed by atoms with Crippen molar-refractivity contribution in [1.29, 1.82) is 0 Å². The van der Waals surface area contributed by atoms with Crippen LogP contribution in [0.3, 0.4) is 0 Å². The van der Waals surface area contributed by atoms with Crippen molar-refractivity contribution in [2.24, 2.45) is 5.41 Å². The van der Waals surface area contributed by atoms with Crippen molar-refractivity contribution < 1.29 is 8.78 Å². The van der Waals surface area contributed by atoms with Crippen LogP contribution in [0.2, 0.25) is 0 Å². The minimum absolute atomic E-state index is 0.180. The van der Waals surface area contributed by atoms with E-state index in [-0.39, 0.29) is 11.8 Å². The molecular weight excluding hydrogens is 206 g/mol. The predicted octanol–water partition coefficient (Wildman–Crippen LogP) is 4.70. The number of hydrogen-bond donors (Lipinski definition) is 0. The summed E-state index contributed by atoms with van der Waals surface area (Å²) in [6.07, 6.45) is -0.180. The smallest absolute Gasteiger partial charge is 0.207 e. The number of alkyl halides is 2. The van der Waals surface area contributed by atoms with Crippen molar-refractivity contribution in [3.05, 3.63) is 41.8 Å². The average Bonchev–Trinajstić information content (AvgIpc) is 2.13. The van der Waals surface area contributed by atoms with Crippen LogP contribution < -0.4 is 0 Å². The molecule has 0 aliphatic carbocycles. The van der Waals surface area contributed by atoms with Gasteiger partial charge in [-0.1, -0.05) is 51.1 Å². The molecule has 0 heterocycles. The van der Waals surface area contributed by atoms with Crippen molar-refractivity contribution in [3.8, 4) is 0 Å². The lowest BCUT2D eigenvalue weighted by Crippen LogP contribution is -2.26. The molecular formula is C14H19F2. The second-order valence-corrected chi connectivity index (χ2v) is 5.34. The molecule has 0 aromatic heterocycles. The fourth-order valence-corrected chi connectivity index (χ4v) is 1.75. The third-order valence-electron chi connectivity index (χ3n) is 2.51. The van der Waals surface area contributed by atoms with Gasteiger partial charge >= 0.3 is 0 Å². The van der Waals surface area contributed by atoms with Crippen LogP contribution in [0, 0.1) is 11.3 Å². The molecule has 2 heteroatoms. The molecule has 0 N–H and O–H groups in total. The van der Waals surface area contributed by atoms with Gasteiger partial charge in [-0.25, -0.2) is 8.78 Å². The van der Waals surface area contributed by atoms with Gasteiger partial charge in [0.05, 0.1) is 0 Å². The van der Waals surface area contributed by atoms with E-state index in [1.54, 1.807) is 0 Å². The van der Waals surface area contributed by atoms with Gasteiger partial charge in [-0.15, -0.1) is 0 Å². The standard InChI is InChI=1S/C14H19F2/c1-13(2,3)12(10-14(4,15)16)11-8-6-5-7-9-11/h5-9H,10H2,1-4H3. The van der Waals surface area contributed by atoms with Gasteiger partial charge in [0.25, 0.3) is 0 Å². The van der Waals surface area contributed by atoms with Gasteiger partial charge in [-0.05, 0) is 17.9 Å². The average molecular weight is 225 g/mol. The first kappa shape index (κ1) is 13.1. The first-order valence-corrected chi connectivity index (χ1v) is 5.50. The quantitative estimate of drug-likeness (QED) is 0.699. The molecule has 89 valence electrons. The highest BCUT2D eigenvalue weighted by Gasteiger charge is 2.35. The lowest BCUT2D eigenvalue weighted by molar-refractivity contribution is 0.0121. The summed E-state index contributed by atoms with van der Waals surface area (Å²) in [6, 6.07) is 9.45. The molecule has 0 saturated heterocycles. The maximum Gasteiger partial charge on any atom is 0.246 e. The van der Waals surface area contributed by atoms with Crippen molar-refractivity contribution in [1.82, 2.24) is 0 Å². The molecule has 0 aliphatic rings. The fraction of sp³-hybridized carbons (Fsp3) is 0.500. The number of benzene rings is 1. The van der Waals surface area contributed by atoms with Crippen LogP contribution in [-0.2, 0) is 0 Å². The normalized spacial score (nSPS) is 13.2. The predicted molar refractivity (Wildman–Crippen MR) is 63.5 cm³/mol. The Morgan fingerprint density at radius 3 is 1.88 bits per heavy atom. The van der Waals surface area contributed by atoms with E-state index in [2.05, 4.69) is 0 Å². The van der Waals surface area contributed by atoms with E-state index in [0.717, 1.165) is 18.4 Å². The van der Waals surface area contributed by atoms with Crippen molar-refractivity contribution in [2.75, 3.05) is 0 Å². The van der Waals surface area contributed by atoms with E-state index in [4.69, 9.17) is 0 Å². The summed E-state index contributed by atoms with van der Waals surface area (Å²) < 4.78 is 26.3. The van der Waals surface area contributed by atoms with Crippen molar-refractivity contribution in [2.45, 2.75) is 40.0 Å². The summed E-state index contributed by atoms with van der Waals surface area (Å²) in [5.74, 6) is -1.85. The minimum atomic E-state index is -2.65. The van der Waals surface area contributed by atoms with Crippen LogP contribution in [-0.4, -0.2) is 5.92 Å². The Morgan fingerprint density at radius 2 is 1.50 bits per heavy atom. The van der Waals surface area contributed by atoms with Crippen LogP contribution >= 0.6 is 0 Å². The molecule has 0 amide bonds. The molecule has 1 aromatic carbocycles. The van der Waals surface area contributed by atoms with Gasteiger partial charge in [0.15, 0.2) is 0 Å². The zero-order chi connectivity index (χ0) is 12.4. The summed E-state index contributed by atoms with van der Waals surface area (Å²) in [5, 5.41) is 0. The highest BCUT2D eigenvalue weighted by molar-refractivity contribution is 5.34. The Labute approximate surface area is 96.7 Å². The van der Waals surface area contributed by atoms with E-state index in [0.29, 0.717) is 0 Å². The summed E-state index contributed by atoms with van der Waals surface area (Å²) in [4.78, 5) is 0. The maximum absolute atomic E-state index is 13.2. The topological polar surface area (TPSA) is 0 Å². The Hall–Kier alpha value is -0.920. The molecule has 0 bridgehead atoms. The lowest BCUT2D eigenvalue weighted by atomic mass is 9.73. The Balaban J connectivity index is 2.98. The van der Waals surface area contributed by atoms with Gasteiger partial charge < -0.3 is 0 Å². The van der Waals surface area contributed by atoms with E-state index in [1.807, 2.05) is 51.1 Å². The zero-order valence-electron chi connectivity index (χ0n) is 10.3. The Kier molecular flexibility index (Phi) is 3.72. The molecule has 1 radical (unpaired) electrons.